The lowest BCUT2D eigenvalue weighted by Crippen LogP contribution is -2.37. The van der Waals surface area contributed by atoms with Crippen molar-refractivity contribution in [1.29, 1.82) is 0 Å². The van der Waals surface area contributed by atoms with E-state index < -0.39 is 0 Å². The molecule has 0 radical (unpaired) electrons. The van der Waals surface area contributed by atoms with Crippen LogP contribution < -0.4 is 16.8 Å². The number of nitrogens with one attached hydrogen (secondary N) is 1. The first kappa shape index (κ1) is 14.4. The quantitative estimate of drug-likeness (QED) is 0.468. The molecule has 0 aromatic rings. The predicted molar refractivity (Wildman–Crippen MR) is 55.2 cm³/mol. The lowest BCUT2D eigenvalue weighted by atomic mass is 10.4. The molecule has 0 saturated heterocycles. The van der Waals surface area contributed by atoms with Crippen molar-refractivity contribution in [2.45, 2.75) is 7.43 Å². The number of hydrogen-bond donors (Lipinski definition) is 3. The maximum atomic E-state index is 5.43. The molecule has 0 rings (SSSR count). The smallest absolute Gasteiger partial charge is 0.0108 e. The van der Waals surface area contributed by atoms with Gasteiger partial charge in [0.25, 0.3) is 0 Å². The summed E-state index contributed by atoms with van der Waals surface area (Å²) in [6, 6.07) is 0. The molecule has 0 aromatic heterocycles. The normalized spacial score (nSPS) is 10.0. The Morgan fingerprint density at radius 3 is 1.92 bits per heavy atom. The van der Waals surface area contributed by atoms with Crippen molar-refractivity contribution < 1.29 is 0 Å². The van der Waals surface area contributed by atoms with E-state index in [1.807, 2.05) is 7.05 Å². The van der Waals surface area contributed by atoms with Crippen LogP contribution in [0.15, 0.2) is 0 Å². The molecule has 0 fully saturated rings. The Morgan fingerprint density at radius 1 is 1.08 bits per heavy atom. The van der Waals surface area contributed by atoms with Crippen molar-refractivity contribution in [1.82, 2.24) is 10.2 Å². The lowest BCUT2D eigenvalue weighted by molar-refractivity contribution is 0.290. The van der Waals surface area contributed by atoms with Gasteiger partial charge in [-0.2, -0.15) is 0 Å². The highest BCUT2D eigenvalue weighted by Crippen LogP contribution is 1.82. The predicted octanol–water partition coefficient (Wildman–Crippen LogP) is -0.939. The summed E-state index contributed by atoms with van der Waals surface area (Å²) in [6.45, 7) is 5.34. The second kappa shape index (κ2) is 10.8. The number of rotatable bonds is 7. The second-order valence-electron chi connectivity index (χ2n) is 2.52. The molecule has 0 atom stereocenters. The van der Waals surface area contributed by atoms with Gasteiger partial charge >= 0.3 is 0 Å². The summed E-state index contributed by atoms with van der Waals surface area (Å²) < 4.78 is 0. The first-order valence-electron chi connectivity index (χ1n) is 4.12. The van der Waals surface area contributed by atoms with Gasteiger partial charge < -0.3 is 16.8 Å². The van der Waals surface area contributed by atoms with Crippen molar-refractivity contribution in [3.8, 4) is 0 Å². The van der Waals surface area contributed by atoms with Crippen molar-refractivity contribution in [3.05, 3.63) is 0 Å². The van der Waals surface area contributed by atoms with Gasteiger partial charge in [-0.3, -0.25) is 4.90 Å². The van der Waals surface area contributed by atoms with E-state index in [-0.39, 0.29) is 7.43 Å². The molecule has 5 N–H and O–H groups in total. The van der Waals surface area contributed by atoms with Crippen molar-refractivity contribution in [2.75, 3.05) is 46.3 Å². The van der Waals surface area contributed by atoms with Crippen LogP contribution in [0.25, 0.3) is 0 Å². The molecule has 0 aliphatic heterocycles. The fourth-order valence-corrected chi connectivity index (χ4v) is 0.970. The fourth-order valence-electron chi connectivity index (χ4n) is 0.970. The number of likely N-dealkylation sites (N-methyl/N-ethyl adjacent to an activating group) is 1. The fraction of sp³-hybridized carbons (Fsp3) is 1.00. The Bertz CT molecular complexity index is 71.5. The number of hydrogen-bond acceptors (Lipinski definition) is 4. The summed E-state index contributed by atoms with van der Waals surface area (Å²) in [5, 5.41) is 3.09. The minimum absolute atomic E-state index is 0. The average Bonchev–Trinajstić information content (AvgIpc) is 2.01. The molecular weight excluding hydrogens is 152 g/mol. The topological polar surface area (TPSA) is 67.3 Å². The van der Waals surface area contributed by atoms with Gasteiger partial charge in [-0.15, -0.1) is 0 Å². The van der Waals surface area contributed by atoms with Crippen molar-refractivity contribution >= 4 is 0 Å². The molecule has 0 spiro atoms. The Kier molecular flexibility index (Phi) is 13.0. The summed E-state index contributed by atoms with van der Waals surface area (Å²) in [6.07, 6.45) is 0. The standard InChI is InChI=1S/C7H20N4.CH4/c1-10-4-7-11(5-2-8)6-3-9;/h10H,2-9H2,1H3;1H4. The van der Waals surface area contributed by atoms with Crippen molar-refractivity contribution in [2.24, 2.45) is 11.5 Å². The van der Waals surface area contributed by atoms with Crippen LogP contribution in [0, 0.1) is 0 Å². The van der Waals surface area contributed by atoms with Gasteiger partial charge in [-0.05, 0) is 7.05 Å². The van der Waals surface area contributed by atoms with Crippen molar-refractivity contribution in [3.63, 3.8) is 0 Å². The summed E-state index contributed by atoms with van der Waals surface area (Å²) in [4.78, 5) is 2.26. The summed E-state index contributed by atoms with van der Waals surface area (Å²) in [5.41, 5.74) is 10.9. The van der Waals surface area contributed by atoms with Gasteiger partial charge in [0, 0.05) is 39.3 Å². The zero-order chi connectivity index (χ0) is 8.53. The van der Waals surface area contributed by atoms with Crippen LogP contribution in [0.4, 0.5) is 0 Å². The summed E-state index contributed by atoms with van der Waals surface area (Å²) in [7, 11) is 1.95. The molecule has 4 heteroatoms. The van der Waals surface area contributed by atoms with E-state index in [0.29, 0.717) is 13.1 Å². The minimum Gasteiger partial charge on any atom is -0.329 e. The van der Waals surface area contributed by atoms with Gasteiger partial charge in [0.05, 0.1) is 0 Å². The lowest BCUT2D eigenvalue weighted by Gasteiger charge is -2.19. The molecule has 0 aliphatic carbocycles. The third-order valence-corrected chi connectivity index (χ3v) is 1.57. The highest BCUT2D eigenvalue weighted by molar-refractivity contribution is 4.59. The van der Waals surface area contributed by atoms with Crippen LogP contribution in [-0.2, 0) is 0 Å². The zero-order valence-electron chi connectivity index (χ0n) is 7.34. The molecule has 76 valence electrons. The molecule has 0 heterocycles. The van der Waals surface area contributed by atoms with Crippen LogP contribution in [0.3, 0.4) is 0 Å². The average molecular weight is 176 g/mol. The Balaban J connectivity index is 0. The van der Waals surface area contributed by atoms with Gasteiger partial charge in [-0.1, -0.05) is 7.43 Å². The molecule has 12 heavy (non-hydrogen) atoms. The van der Waals surface area contributed by atoms with E-state index in [1.54, 1.807) is 0 Å². The number of nitrogens with zero attached hydrogens (tertiary/aromatic N) is 1. The molecule has 0 bridgehead atoms. The largest absolute Gasteiger partial charge is 0.329 e. The monoisotopic (exact) mass is 176 g/mol. The van der Waals surface area contributed by atoms with E-state index in [2.05, 4.69) is 10.2 Å². The second-order valence-corrected chi connectivity index (χ2v) is 2.52. The first-order chi connectivity index (χ1) is 5.35. The van der Waals surface area contributed by atoms with Crippen LogP contribution in [0.1, 0.15) is 7.43 Å². The first-order valence-corrected chi connectivity index (χ1v) is 4.12. The van der Waals surface area contributed by atoms with Gasteiger partial charge in [0.15, 0.2) is 0 Å². The highest BCUT2D eigenvalue weighted by Gasteiger charge is 1.99. The van der Waals surface area contributed by atoms with Crippen LogP contribution in [0.2, 0.25) is 0 Å². The Morgan fingerprint density at radius 2 is 1.58 bits per heavy atom. The molecule has 0 aromatic carbocycles. The van der Waals surface area contributed by atoms with Gasteiger partial charge in [0.1, 0.15) is 0 Å². The van der Waals surface area contributed by atoms with E-state index in [1.165, 1.54) is 0 Å². The summed E-state index contributed by atoms with van der Waals surface area (Å²) >= 11 is 0. The Hall–Kier alpha value is -0.160. The molecule has 0 amide bonds. The van der Waals surface area contributed by atoms with Crippen LogP contribution >= 0.6 is 0 Å². The maximum absolute atomic E-state index is 5.43. The molecule has 0 saturated carbocycles. The SMILES string of the molecule is C.CNCCN(CCN)CCN. The van der Waals surface area contributed by atoms with E-state index in [9.17, 15) is 0 Å². The molecular formula is C8H24N4. The van der Waals surface area contributed by atoms with Gasteiger partial charge in [-0.25, -0.2) is 0 Å². The maximum Gasteiger partial charge on any atom is 0.0108 e. The number of nitrogens with two attached hydrogens (primary N) is 2. The minimum atomic E-state index is 0. The summed E-state index contributed by atoms with van der Waals surface area (Å²) in [5.74, 6) is 0. The molecule has 0 unspecified atom stereocenters. The zero-order valence-corrected chi connectivity index (χ0v) is 7.34. The van der Waals surface area contributed by atoms with Gasteiger partial charge in [0.2, 0.25) is 0 Å². The van der Waals surface area contributed by atoms with E-state index in [0.717, 1.165) is 26.2 Å². The Labute approximate surface area is 76.3 Å². The highest BCUT2D eigenvalue weighted by atomic mass is 15.1. The molecule has 0 aliphatic rings. The van der Waals surface area contributed by atoms with Crippen LogP contribution in [0.5, 0.6) is 0 Å². The molecule has 4 nitrogen and oxygen atoms in total. The van der Waals surface area contributed by atoms with E-state index in [4.69, 9.17) is 11.5 Å². The third kappa shape index (κ3) is 7.94. The van der Waals surface area contributed by atoms with E-state index >= 15 is 0 Å². The van der Waals surface area contributed by atoms with Crippen LogP contribution in [-0.4, -0.2) is 51.2 Å². The third-order valence-electron chi connectivity index (χ3n) is 1.57.